The zero-order valence-corrected chi connectivity index (χ0v) is 15.3. The van der Waals surface area contributed by atoms with E-state index in [2.05, 4.69) is 0 Å². The molecule has 1 fully saturated rings. The molecule has 138 valence electrons. The Hall–Kier alpha value is -1.89. The highest BCUT2D eigenvalue weighted by Crippen LogP contribution is 2.18. The van der Waals surface area contributed by atoms with E-state index in [1.54, 1.807) is 4.90 Å². The minimum atomic E-state index is -3.07. The number of unbranched alkanes of at least 4 members (excludes halogenated alkanes) is 1. The molecular formula is C18H25NO5S. The zero-order valence-electron chi connectivity index (χ0n) is 14.5. The molecule has 1 atom stereocenters. The number of nitrogens with zero attached hydrogens (tertiary/aromatic N) is 1. The van der Waals surface area contributed by atoms with Crippen molar-refractivity contribution in [3.63, 3.8) is 0 Å². The van der Waals surface area contributed by atoms with Gasteiger partial charge < -0.3 is 9.64 Å². The van der Waals surface area contributed by atoms with E-state index in [4.69, 9.17) is 4.74 Å². The van der Waals surface area contributed by atoms with E-state index in [1.165, 1.54) is 0 Å². The number of carbonyl (C=O) groups excluding carboxylic acids is 2. The predicted molar refractivity (Wildman–Crippen MR) is 94.8 cm³/mol. The molecule has 0 aliphatic carbocycles. The van der Waals surface area contributed by atoms with Gasteiger partial charge in [0.2, 0.25) is 0 Å². The fourth-order valence-electron chi connectivity index (χ4n) is 2.90. The molecule has 1 aliphatic rings. The molecule has 1 heterocycles. The van der Waals surface area contributed by atoms with Crippen molar-refractivity contribution >= 4 is 21.7 Å². The van der Waals surface area contributed by atoms with Crippen molar-refractivity contribution in [3.8, 4) is 0 Å². The predicted octanol–water partition coefficient (Wildman–Crippen LogP) is 1.59. The van der Waals surface area contributed by atoms with Crippen LogP contribution in [0.25, 0.3) is 0 Å². The van der Waals surface area contributed by atoms with Crippen LogP contribution >= 0.6 is 0 Å². The van der Waals surface area contributed by atoms with Gasteiger partial charge in [0.05, 0.1) is 17.9 Å². The van der Waals surface area contributed by atoms with Crippen molar-refractivity contribution in [2.75, 3.05) is 24.7 Å². The summed E-state index contributed by atoms with van der Waals surface area (Å²) in [6, 6.07) is 8.86. The molecule has 7 heteroatoms. The first-order chi connectivity index (χ1) is 11.9. The number of amides is 1. The molecule has 0 aromatic heterocycles. The maximum atomic E-state index is 12.5. The van der Waals surface area contributed by atoms with Crippen molar-refractivity contribution in [2.24, 2.45) is 0 Å². The minimum absolute atomic E-state index is 0.000413. The first-order valence-corrected chi connectivity index (χ1v) is 10.4. The molecule has 1 aliphatic heterocycles. The van der Waals surface area contributed by atoms with Crippen LogP contribution in [0.2, 0.25) is 0 Å². The van der Waals surface area contributed by atoms with E-state index in [0.717, 1.165) is 18.4 Å². The van der Waals surface area contributed by atoms with Crippen LogP contribution in [0.5, 0.6) is 0 Å². The highest BCUT2D eigenvalue weighted by molar-refractivity contribution is 7.91. The molecular weight excluding hydrogens is 342 g/mol. The van der Waals surface area contributed by atoms with Crippen LogP contribution in [-0.2, 0) is 30.6 Å². The molecule has 0 saturated carbocycles. The standard InChI is InChI=1S/C18H25NO5S/c1-2-3-10-19(16-9-11-25(22,23)14-16)17(20)13-24-18(21)12-15-7-5-4-6-8-15/h4-8,16H,2-3,9-14H2,1H3. The fraction of sp³-hybridized carbons (Fsp3) is 0.556. The van der Waals surface area contributed by atoms with E-state index < -0.39 is 15.8 Å². The number of rotatable bonds is 8. The molecule has 1 saturated heterocycles. The summed E-state index contributed by atoms with van der Waals surface area (Å²) < 4.78 is 28.5. The molecule has 1 amide bonds. The molecule has 1 unspecified atom stereocenters. The summed E-state index contributed by atoms with van der Waals surface area (Å²) in [5.41, 5.74) is 0.824. The van der Waals surface area contributed by atoms with Gasteiger partial charge in [-0.25, -0.2) is 8.42 Å². The van der Waals surface area contributed by atoms with E-state index in [9.17, 15) is 18.0 Å². The molecule has 0 radical (unpaired) electrons. The van der Waals surface area contributed by atoms with Crippen LogP contribution in [-0.4, -0.2) is 55.9 Å². The average Bonchev–Trinajstić information content (AvgIpc) is 2.94. The number of carbonyl (C=O) groups is 2. The Labute approximate surface area is 149 Å². The zero-order chi connectivity index (χ0) is 18.3. The summed E-state index contributed by atoms with van der Waals surface area (Å²) in [6.07, 6.45) is 2.26. The van der Waals surface area contributed by atoms with Crippen LogP contribution in [0.15, 0.2) is 30.3 Å². The smallest absolute Gasteiger partial charge is 0.310 e. The number of esters is 1. The maximum Gasteiger partial charge on any atom is 0.310 e. The third kappa shape index (κ3) is 6.16. The van der Waals surface area contributed by atoms with Gasteiger partial charge >= 0.3 is 5.97 Å². The summed E-state index contributed by atoms with van der Waals surface area (Å²) in [6.45, 7) is 2.16. The quantitative estimate of drug-likeness (QED) is 0.652. The summed E-state index contributed by atoms with van der Waals surface area (Å²) in [7, 11) is -3.07. The lowest BCUT2D eigenvalue weighted by molar-refractivity contribution is -0.152. The van der Waals surface area contributed by atoms with Crippen LogP contribution in [0.4, 0.5) is 0 Å². The van der Waals surface area contributed by atoms with Gasteiger partial charge in [-0.2, -0.15) is 0 Å². The van der Waals surface area contributed by atoms with Gasteiger partial charge in [0.25, 0.3) is 5.91 Å². The summed E-state index contributed by atoms with van der Waals surface area (Å²) in [5, 5.41) is 0. The Morgan fingerprint density at radius 2 is 1.96 bits per heavy atom. The van der Waals surface area contributed by atoms with Crippen molar-refractivity contribution in [3.05, 3.63) is 35.9 Å². The highest BCUT2D eigenvalue weighted by Gasteiger charge is 2.34. The van der Waals surface area contributed by atoms with Crippen LogP contribution in [0.1, 0.15) is 31.7 Å². The maximum absolute atomic E-state index is 12.5. The van der Waals surface area contributed by atoms with Gasteiger partial charge in [0.15, 0.2) is 16.4 Å². The van der Waals surface area contributed by atoms with Gasteiger partial charge in [-0.15, -0.1) is 0 Å². The number of hydrogen-bond acceptors (Lipinski definition) is 5. The van der Waals surface area contributed by atoms with Gasteiger partial charge in [0, 0.05) is 12.6 Å². The Balaban J connectivity index is 1.89. The lowest BCUT2D eigenvalue weighted by Crippen LogP contribution is -2.44. The second-order valence-electron chi connectivity index (χ2n) is 6.32. The highest BCUT2D eigenvalue weighted by atomic mass is 32.2. The number of ether oxygens (including phenoxy) is 1. The third-order valence-corrected chi connectivity index (χ3v) is 6.02. The molecule has 2 rings (SSSR count). The summed E-state index contributed by atoms with van der Waals surface area (Å²) >= 11 is 0. The van der Waals surface area contributed by atoms with Crippen molar-refractivity contribution in [1.29, 1.82) is 0 Å². The van der Waals surface area contributed by atoms with Crippen molar-refractivity contribution in [1.82, 2.24) is 4.90 Å². The lowest BCUT2D eigenvalue weighted by atomic mass is 10.1. The Bertz CT molecular complexity index is 687. The van der Waals surface area contributed by atoms with Crippen LogP contribution in [0.3, 0.4) is 0 Å². The van der Waals surface area contributed by atoms with Crippen molar-refractivity contribution in [2.45, 2.75) is 38.6 Å². The van der Waals surface area contributed by atoms with E-state index in [0.29, 0.717) is 13.0 Å². The molecule has 25 heavy (non-hydrogen) atoms. The Morgan fingerprint density at radius 1 is 1.24 bits per heavy atom. The van der Waals surface area contributed by atoms with E-state index in [-0.39, 0.29) is 36.5 Å². The monoisotopic (exact) mass is 367 g/mol. The SMILES string of the molecule is CCCCN(C(=O)COC(=O)Cc1ccccc1)C1CCS(=O)(=O)C1. The third-order valence-electron chi connectivity index (χ3n) is 4.27. The first kappa shape index (κ1) is 19.4. The van der Waals surface area contributed by atoms with Crippen LogP contribution in [0, 0.1) is 0 Å². The first-order valence-electron chi connectivity index (χ1n) is 8.60. The fourth-order valence-corrected chi connectivity index (χ4v) is 4.63. The molecule has 0 spiro atoms. The van der Waals surface area contributed by atoms with Crippen LogP contribution < -0.4 is 0 Å². The van der Waals surface area contributed by atoms with Gasteiger partial charge in [0.1, 0.15) is 0 Å². The number of benzene rings is 1. The topological polar surface area (TPSA) is 80.8 Å². The summed E-state index contributed by atoms with van der Waals surface area (Å²) in [5.74, 6) is -0.673. The molecule has 1 aromatic rings. The second kappa shape index (κ2) is 8.99. The van der Waals surface area contributed by atoms with Gasteiger partial charge in [-0.05, 0) is 18.4 Å². The van der Waals surface area contributed by atoms with E-state index >= 15 is 0 Å². The minimum Gasteiger partial charge on any atom is -0.455 e. The van der Waals surface area contributed by atoms with E-state index in [1.807, 2.05) is 37.3 Å². The average molecular weight is 367 g/mol. The lowest BCUT2D eigenvalue weighted by Gasteiger charge is -2.28. The molecule has 6 nitrogen and oxygen atoms in total. The molecule has 0 N–H and O–H groups in total. The van der Waals surface area contributed by atoms with Crippen molar-refractivity contribution < 1.29 is 22.7 Å². The second-order valence-corrected chi connectivity index (χ2v) is 8.55. The Morgan fingerprint density at radius 3 is 2.56 bits per heavy atom. The largest absolute Gasteiger partial charge is 0.455 e. The Kier molecular flexibility index (Phi) is 6.99. The summed E-state index contributed by atoms with van der Waals surface area (Å²) in [4.78, 5) is 25.9. The number of sulfone groups is 1. The molecule has 1 aromatic carbocycles. The van der Waals surface area contributed by atoms with Gasteiger partial charge in [-0.1, -0.05) is 43.7 Å². The van der Waals surface area contributed by atoms with Gasteiger partial charge in [-0.3, -0.25) is 9.59 Å². The normalized spacial score (nSPS) is 18.7. The molecule has 0 bridgehead atoms. The number of hydrogen-bond donors (Lipinski definition) is 0.